The van der Waals surface area contributed by atoms with Gasteiger partial charge in [-0.2, -0.15) is 13.2 Å². The van der Waals surface area contributed by atoms with Gasteiger partial charge in [-0.05, 0) is 44.5 Å². The monoisotopic (exact) mass is 372 g/mol. The Kier molecular flexibility index (Phi) is 5.29. The van der Waals surface area contributed by atoms with E-state index >= 15 is 0 Å². The van der Waals surface area contributed by atoms with E-state index in [1.54, 1.807) is 13.8 Å². The van der Waals surface area contributed by atoms with Crippen LogP contribution in [0.3, 0.4) is 0 Å². The molecule has 0 aromatic heterocycles. The van der Waals surface area contributed by atoms with Crippen LogP contribution in [0.1, 0.15) is 41.0 Å². The van der Waals surface area contributed by atoms with E-state index in [-0.39, 0.29) is 24.1 Å². The molecule has 1 fully saturated rings. The molecule has 1 aromatic rings. The van der Waals surface area contributed by atoms with Crippen LogP contribution in [0.15, 0.2) is 24.3 Å². The number of likely N-dealkylation sites (tertiary alicyclic amines) is 1. The second-order valence-corrected chi connectivity index (χ2v) is 6.57. The van der Waals surface area contributed by atoms with Crippen molar-refractivity contribution in [3.05, 3.63) is 35.4 Å². The van der Waals surface area contributed by atoms with Crippen LogP contribution in [0.4, 0.5) is 13.2 Å². The number of aliphatic carboxylic acids is 1. The summed E-state index contributed by atoms with van der Waals surface area (Å²) >= 11 is 0. The topological polar surface area (TPSA) is 86.7 Å². The molecule has 6 nitrogen and oxygen atoms in total. The van der Waals surface area contributed by atoms with Gasteiger partial charge in [0, 0.05) is 30.3 Å². The average molecular weight is 372 g/mol. The molecule has 26 heavy (non-hydrogen) atoms. The van der Waals surface area contributed by atoms with Crippen LogP contribution in [0.2, 0.25) is 0 Å². The number of halogens is 3. The third-order valence-electron chi connectivity index (χ3n) is 4.32. The first kappa shape index (κ1) is 19.7. The molecule has 2 amide bonds. The van der Waals surface area contributed by atoms with Gasteiger partial charge in [0.1, 0.15) is 0 Å². The lowest BCUT2D eigenvalue weighted by Crippen LogP contribution is -2.47. The number of alkyl halides is 3. The van der Waals surface area contributed by atoms with Gasteiger partial charge in [-0.15, -0.1) is 0 Å². The predicted octanol–water partition coefficient (Wildman–Crippen LogP) is 2.30. The molecule has 0 spiro atoms. The molecule has 1 aliphatic rings. The quantitative estimate of drug-likeness (QED) is 0.849. The Morgan fingerprint density at radius 3 is 2.12 bits per heavy atom. The fourth-order valence-electron chi connectivity index (χ4n) is 2.80. The van der Waals surface area contributed by atoms with E-state index in [2.05, 4.69) is 5.32 Å². The molecule has 0 saturated carbocycles. The number of nitrogens with one attached hydrogen (secondary N) is 1. The number of carbonyl (C=O) groups is 3. The van der Waals surface area contributed by atoms with Crippen LogP contribution in [-0.4, -0.2) is 53.1 Å². The van der Waals surface area contributed by atoms with Gasteiger partial charge >= 0.3 is 12.1 Å². The van der Waals surface area contributed by atoms with Gasteiger partial charge in [0.15, 0.2) is 5.41 Å². The first-order chi connectivity index (χ1) is 12.0. The summed E-state index contributed by atoms with van der Waals surface area (Å²) in [5.74, 6) is -3.02. The van der Waals surface area contributed by atoms with Crippen molar-refractivity contribution in [2.24, 2.45) is 5.41 Å². The van der Waals surface area contributed by atoms with Crippen molar-refractivity contribution < 1.29 is 32.7 Å². The lowest BCUT2D eigenvalue weighted by molar-refractivity contribution is -0.227. The molecule has 1 unspecified atom stereocenters. The van der Waals surface area contributed by atoms with E-state index < -0.39 is 36.4 Å². The normalized spacial score (nSPS) is 20.3. The summed E-state index contributed by atoms with van der Waals surface area (Å²) in [4.78, 5) is 36.3. The number of carbonyl (C=O) groups excluding carboxylic acids is 2. The highest BCUT2D eigenvalue weighted by Gasteiger charge is 2.64. The number of carboxylic acids is 1. The van der Waals surface area contributed by atoms with E-state index in [1.165, 1.54) is 24.3 Å². The average Bonchev–Trinajstić information content (AvgIpc) is 3.00. The summed E-state index contributed by atoms with van der Waals surface area (Å²) in [5, 5.41) is 11.7. The largest absolute Gasteiger partial charge is 0.481 e. The number of benzene rings is 1. The van der Waals surface area contributed by atoms with Crippen molar-refractivity contribution in [1.82, 2.24) is 10.2 Å². The van der Waals surface area contributed by atoms with Gasteiger partial charge in [0.25, 0.3) is 11.8 Å². The van der Waals surface area contributed by atoms with E-state index in [4.69, 9.17) is 5.11 Å². The first-order valence-electron chi connectivity index (χ1n) is 7.98. The molecule has 1 heterocycles. The van der Waals surface area contributed by atoms with Crippen molar-refractivity contribution in [3.8, 4) is 0 Å². The minimum Gasteiger partial charge on any atom is -0.481 e. The van der Waals surface area contributed by atoms with E-state index in [1.807, 2.05) is 0 Å². The summed E-state index contributed by atoms with van der Waals surface area (Å²) < 4.78 is 39.6. The predicted molar refractivity (Wildman–Crippen MR) is 85.7 cm³/mol. The molecular formula is C17H19F3N2O4. The van der Waals surface area contributed by atoms with Crippen LogP contribution in [0.25, 0.3) is 0 Å². The number of carboxylic acid groups (broad SMARTS) is 1. The molecule has 142 valence electrons. The van der Waals surface area contributed by atoms with Crippen LogP contribution in [0, 0.1) is 5.41 Å². The first-order valence-corrected chi connectivity index (χ1v) is 7.98. The highest BCUT2D eigenvalue weighted by atomic mass is 19.4. The highest BCUT2D eigenvalue weighted by Crippen LogP contribution is 2.45. The Labute approximate surface area is 148 Å². The molecule has 0 aliphatic carbocycles. The number of nitrogens with zero attached hydrogens (tertiary/aromatic N) is 1. The number of hydrogen-bond acceptors (Lipinski definition) is 3. The molecule has 2 N–H and O–H groups in total. The van der Waals surface area contributed by atoms with E-state index in [0.29, 0.717) is 5.56 Å². The Bertz CT molecular complexity index is 716. The van der Waals surface area contributed by atoms with Gasteiger partial charge in [0.05, 0.1) is 0 Å². The fourth-order valence-corrected chi connectivity index (χ4v) is 2.80. The molecule has 2 rings (SSSR count). The van der Waals surface area contributed by atoms with Crippen LogP contribution < -0.4 is 5.32 Å². The molecule has 9 heteroatoms. The summed E-state index contributed by atoms with van der Waals surface area (Å²) in [5.41, 5.74) is -2.54. The number of amides is 2. The lowest BCUT2D eigenvalue weighted by Gasteiger charge is -2.27. The van der Waals surface area contributed by atoms with Crippen molar-refractivity contribution in [3.63, 3.8) is 0 Å². The maximum atomic E-state index is 13.2. The molecule has 1 aliphatic heterocycles. The molecule has 0 radical (unpaired) electrons. The van der Waals surface area contributed by atoms with Gasteiger partial charge < -0.3 is 15.3 Å². The maximum absolute atomic E-state index is 13.2. The van der Waals surface area contributed by atoms with Crippen molar-refractivity contribution in [2.45, 2.75) is 32.5 Å². The SMILES string of the molecule is CC(C)NC(=O)c1ccc(C(=O)N2CCC(C(=O)O)(C(F)(F)F)C2)cc1. The minimum absolute atomic E-state index is 0.0695. The molecule has 1 saturated heterocycles. The van der Waals surface area contributed by atoms with Crippen molar-refractivity contribution in [1.29, 1.82) is 0 Å². The molecule has 1 aromatic carbocycles. The van der Waals surface area contributed by atoms with Gasteiger partial charge in [-0.25, -0.2) is 0 Å². The lowest BCUT2D eigenvalue weighted by atomic mass is 9.86. The maximum Gasteiger partial charge on any atom is 0.406 e. The fraction of sp³-hybridized carbons (Fsp3) is 0.471. The smallest absolute Gasteiger partial charge is 0.406 e. The third-order valence-corrected chi connectivity index (χ3v) is 4.32. The van der Waals surface area contributed by atoms with Gasteiger partial charge in [0.2, 0.25) is 0 Å². The van der Waals surface area contributed by atoms with Gasteiger partial charge in [-0.1, -0.05) is 0 Å². The van der Waals surface area contributed by atoms with E-state index in [9.17, 15) is 27.6 Å². The minimum atomic E-state index is -4.95. The van der Waals surface area contributed by atoms with Gasteiger partial charge in [-0.3, -0.25) is 14.4 Å². The molecule has 0 bridgehead atoms. The summed E-state index contributed by atoms with van der Waals surface area (Å²) in [6, 6.07) is 5.40. The zero-order valence-electron chi connectivity index (χ0n) is 14.3. The third kappa shape index (κ3) is 3.66. The Hall–Kier alpha value is -2.58. The highest BCUT2D eigenvalue weighted by molar-refractivity contribution is 5.98. The summed E-state index contributed by atoms with van der Waals surface area (Å²) in [7, 11) is 0. The van der Waals surface area contributed by atoms with E-state index in [0.717, 1.165) is 4.90 Å². The Morgan fingerprint density at radius 2 is 1.69 bits per heavy atom. The van der Waals surface area contributed by atoms with Crippen LogP contribution in [-0.2, 0) is 4.79 Å². The van der Waals surface area contributed by atoms with Crippen molar-refractivity contribution in [2.75, 3.05) is 13.1 Å². The summed E-state index contributed by atoms with van der Waals surface area (Å²) in [6.45, 7) is 2.34. The van der Waals surface area contributed by atoms with Crippen molar-refractivity contribution >= 4 is 17.8 Å². The number of rotatable bonds is 4. The van der Waals surface area contributed by atoms with Crippen LogP contribution in [0.5, 0.6) is 0 Å². The molecular weight excluding hydrogens is 353 g/mol. The Morgan fingerprint density at radius 1 is 1.15 bits per heavy atom. The number of hydrogen-bond donors (Lipinski definition) is 2. The standard InChI is InChI=1S/C17H19F3N2O4/c1-10(2)21-13(23)11-3-5-12(6-4-11)14(24)22-8-7-16(9-22,15(25)26)17(18,19)20/h3-6,10H,7-9H2,1-2H3,(H,21,23)(H,25,26). The Balaban J connectivity index is 2.15. The van der Waals surface area contributed by atoms with Crippen LogP contribution >= 0.6 is 0 Å². The summed E-state index contributed by atoms with van der Waals surface area (Å²) in [6.07, 6.45) is -5.64. The second kappa shape index (κ2) is 6.97. The molecule has 1 atom stereocenters. The second-order valence-electron chi connectivity index (χ2n) is 6.57. The zero-order valence-corrected chi connectivity index (χ0v) is 14.3. The zero-order chi connectivity index (χ0) is 19.7.